The summed E-state index contributed by atoms with van der Waals surface area (Å²) in [7, 11) is 0. The predicted molar refractivity (Wildman–Crippen MR) is 82.1 cm³/mol. The zero-order valence-corrected chi connectivity index (χ0v) is 12.0. The average molecular weight is 334 g/mol. The van der Waals surface area contributed by atoms with Crippen LogP contribution < -0.4 is 11.0 Å². The normalized spacial score (nSPS) is 10.8. The molecule has 0 unspecified atom stereocenters. The topological polar surface area (TPSA) is 80.9 Å². The van der Waals surface area contributed by atoms with E-state index >= 15 is 0 Å². The molecule has 0 saturated carbocycles. The first-order valence-electron chi connectivity index (χ1n) is 6.05. The predicted octanol–water partition coefficient (Wildman–Crippen LogP) is 2.94. The molecule has 0 spiro atoms. The quantitative estimate of drug-likeness (QED) is 0.594. The van der Waals surface area contributed by atoms with Crippen molar-refractivity contribution in [2.24, 2.45) is 0 Å². The summed E-state index contributed by atoms with van der Waals surface area (Å²) in [6, 6.07) is 10.7. The van der Waals surface area contributed by atoms with Gasteiger partial charge in [-0.25, -0.2) is 4.79 Å². The van der Waals surface area contributed by atoms with Crippen LogP contribution in [0.2, 0.25) is 0 Å². The number of H-pyrrole nitrogens is 2. The number of hydrogen-bond acceptors (Lipinski definition) is 3. The van der Waals surface area contributed by atoms with Crippen molar-refractivity contribution in [3.8, 4) is 5.75 Å². The second kappa shape index (κ2) is 5.05. The van der Waals surface area contributed by atoms with E-state index in [0.29, 0.717) is 6.54 Å². The Balaban J connectivity index is 1.84. The second-order valence-electron chi connectivity index (χ2n) is 4.48. The molecule has 3 aromatic rings. The average Bonchev–Trinajstić information content (AvgIpc) is 2.77. The minimum absolute atomic E-state index is 0.220. The van der Waals surface area contributed by atoms with Gasteiger partial charge >= 0.3 is 5.69 Å². The van der Waals surface area contributed by atoms with E-state index in [1.54, 1.807) is 12.1 Å². The summed E-state index contributed by atoms with van der Waals surface area (Å²) in [4.78, 5) is 16.7. The number of aromatic hydroxyl groups is 1. The van der Waals surface area contributed by atoms with E-state index in [-0.39, 0.29) is 11.4 Å². The number of aromatic amines is 2. The number of hydrogen-bond donors (Lipinski definition) is 4. The Morgan fingerprint density at radius 3 is 2.45 bits per heavy atom. The minimum Gasteiger partial charge on any atom is -0.508 e. The number of phenols is 1. The maximum absolute atomic E-state index is 11.3. The van der Waals surface area contributed by atoms with Crippen LogP contribution in [0.1, 0.15) is 5.56 Å². The van der Waals surface area contributed by atoms with Gasteiger partial charge in [0, 0.05) is 11.0 Å². The van der Waals surface area contributed by atoms with E-state index in [0.717, 1.165) is 26.8 Å². The molecule has 0 aliphatic carbocycles. The summed E-state index contributed by atoms with van der Waals surface area (Å²) in [5.74, 6) is 0.251. The van der Waals surface area contributed by atoms with Crippen molar-refractivity contribution in [1.82, 2.24) is 9.97 Å². The molecular formula is C14H12BrN3O2. The van der Waals surface area contributed by atoms with E-state index in [4.69, 9.17) is 0 Å². The van der Waals surface area contributed by atoms with Crippen molar-refractivity contribution >= 4 is 32.7 Å². The number of imidazole rings is 1. The van der Waals surface area contributed by atoms with Crippen LogP contribution in [0, 0.1) is 0 Å². The van der Waals surface area contributed by atoms with Gasteiger partial charge in [0.25, 0.3) is 0 Å². The zero-order valence-electron chi connectivity index (χ0n) is 10.4. The maximum Gasteiger partial charge on any atom is 0.323 e. The molecule has 20 heavy (non-hydrogen) atoms. The van der Waals surface area contributed by atoms with Crippen molar-refractivity contribution in [2.75, 3.05) is 5.32 Å². The highest BCUT2D eigenvalue weighted by Gasteiger charge is 2.05. The van der Waals surface area contributed by atoms with Crippen LogP contribution in [-0.4, -0.2) is 15.1 Å². The molecule has 0 aliphatic heterocycles. The number of halogens is 1. The first kappa shape index (κ1) is 12.8. The summed E-state index contributed by atoms with van der Waals surface area (Å²) in [5.41, 5.74) is 3.24. The Morgan fingerprint density at radius 1 is 1.10 bits per heavy atom. The van der Waals surface area contributed by atoms with Gasteiger partial charge in [-0.1, -0.05) is 12.1 Å². The molecule has 0 fully saturated rings. The van der Waals surface area contributed by atoms with Crippen molar-refractivity contribution < 1.29 is 5.11 Å². The lowest BCUT2D eigenvalue weighted by atomic mass is 10.2. The van der Waals surface area contributed by atoms with Crippen LogP contribution in [0.25, 0.3) is 11.0 Å². The molecule has 102 valence electrons. The lowest BCUT2D eigenvalue weighted by Crippen LogP contribution is -2.00. The lowest BCUT2D eigenvalue weighted by Gasteiger charge is -2.09. The molecule has 0 atom stereocenters. The maximum atomic E-state index is 11.3. The molecule has 0 aliphatic rings. The molecule has 5 nitrogen and oxygen atoms in total. The number of fused-ring (bicyclic) bond motifs is 1. The monoisotopic (exact) mass is 333 g/mol. The zero-order chi connectivity index (χ0) is 14.1. The van der Waals surface area contributed by atoms with E-state index in [9.17, 15) is 9.90 Å². The molecule has 0 saturated heterocycles. The molecule has 2 aromatic carbocycles. The highest BCUT2D eigenvalue weighted by Crippen LogP contribution is 2.26. The highest BCUT2D eigenvalue weighted by atomic mass is 79.9. The van der Waals surface area contributed by atoms with E-state index in [1.807, 2.05) is 24.3 Å². The third-order valence-electron chi connectivity index (χ3n) is 3.02. The molecule has 0 amide bonds. The second-order valence-corrected chi connectivity index (χ2v) is 5.33. The van der Waals surface area contributed by atoms with Gasteiger partial charge in [0.2, 0.25) is 0 Å². The van der Waals surface area contributed by atoms with Gasteiger partial charge in [-0.15, -0.1) is 0 Å². The van der Waals surface area contributed by atoms with Gasteiger partial charge < -0.3 is 20.4 Å². The minimum atomic E-state index is -0.220. The van der Waals surface area contributed by atoms with Crippen molar-refractivity contribution in [2.45, 2.75) is 6.54 Å². The molecule has 0 bridgehead atoms. The van der Waals surface area contributed by atoms with E-state index in [2.05, 4.69) is 31.2 Å². The summed E-state index contributed by atoms with van der Waals surface area (Å²) < 4.78 is 0.874. The summed E-state index contributed by atoms with van der Waals surface area (Å²) in [5, 5.41) is 12.5. The van der Waals surface area contributed by atoms with Gasteiger partial charge in [0.05, 0.1) is 16.7 Å². The number of nitrogens with one attached hydrogen (secondary N) is 3. The van der Waals surface area contributed by atoms with E-state index in [1.165, 1.54) is 0 Å². The molecule has 1 aromatic heterocycles. The van der Waals surface area contributed by atoms with Crippen LogP contribution in [0.4, 0.5) is 5.69 Å². The van der Waals surface area contributed by atoms with Crippen LogP contribution >= 0.6 is 15.9 Å². The smallest absolute Gasteiger partial charge is 0.323 e. The van der Waals surface area contributed by atoms with Crippen molar-refractivity contribution in [3.05, 3.63) is 56.9 Å². The fourth-order valence-electron chi connectivity index (χ4n) is 2.00. The Hall–Kier alpha value is -2.21. The van der Waals surface area contributed by atoms with Crippen LogP contribution in [-0.2, 0) is 6.54 Å². The first-order chi connectivity index (χ1) is 9.61. The summed E-state index contributed by atoms with van der Waals surface area (Å²) in [6.07, 6.45) is 0. The fourth-order valence-corrected chi connectivity index (χ4v) is 2.49. The van der Waals surface area contributed by atoms with Gasteiger partial charge in [0.15, 0.2) is 0 Å². The number of aromatic nitrogens is 2. The Bertz CT molecular complexity index is 805. The molecule has 3 rings (SSSR count). The summed E-state index contributed by atoms with van der Waals surface area (Å²) >= 11 is 3.47. The van der Waals surface area contributed by atoms with Crippen LogP contribution in [0.5, 0.6) is 5.75 Å². The van der Waals surface area contributed by atoms with Crippen molar-refractivity contribution in [3.63, 3.8) is 0 Å². The van der Waals surface area contributed by atoms with Gasteiger partial charge in [-0.05, 0) is 45.8 Å². The molecule has 4 N–H and O–H groups in total. The SMILES string of the molecule is O=c1[nH]c2cc(Br)c(NCc3ccc(O)cc3)cc2[nH]1. The Labute approximate surface area is 122 Å². The number of benzene rings is 2. The van der Waals surface area contributed by atoms with Gasteiger partial charge in [0.1, 0.15) is 5.75 Å². The number of phenolic OH excluding ortho intramolecular Hbond substituents is 1. The largest absolute Gasteiger partial charge is 0.508 e. The fraction of sp³-hybridized carbons (Fsp3) is 0.0714. The van der Waals surface area contributed by atoms with Crippen LogP contribution in [0.3, 0.4) is 0 Å². The summed E-state index contributed by atoms with van der Waals surface area (Å²) in [6.45, 7) is 0.624. The number of anilines is 1. The van der Waals surface area contributed by atoms with Crippen molar-refractivity contribution in [1.29, 1.82) is 0 Å². The van der Waals surface area contributed by atoms with Gasteiger partial charge in [-0.2, -0.15) is 0 Å². The first-order valence-corrected chi connectivity index (χ1v) is 6.84. The molecule has 1 heterocycles. The molecule has 0 radical (unpaired) electrons. The molecular weight excluding hydrogens is 322 g/mol. The highest BCUT2D eigenvalue weighted by molar-refractivity contribution is 9.10. The standard InChI is InChI=1S/C14H12BrN3O2/c15-10-5-12-13(18-14(20)17-12)6-11(10)16-7-8-1-3-9(19)4-2-8/h1-6,16,19H,7H2,(H2,17,18,20). The van der Waals surface area contributed by atoms with Gasteiger partial charge in [-0.3, -0.25) is 0 Å². The van der Waals surface area contributed by atoms with Crippen LogP contribution in [0.15, 0.2) is 45.7 Å². The lowest BCUT2D eigenvalue weighted by molar-refractivity contribution is 0.475. The third kappa shape index (κ3) is 2.55. The Kier molecular flexibility index (Phi) is 3.23. The Morgan fingerprint density at radius 2 is 1.75 bits per heavy atom. The molecule has 6 heteroatoms. The number of rotatable bonds is 3. The van der Waals surface area contributed by atoms with E-state index < -0.39 is 0 Å². The third-order valence-corrected chi connectivity index (χ3v) is 3.68.